The van der Waals surface area contributed by atoms with E-state index in [1.165, 1.54) is 6.92 Å². The van der Waals surface area contributed by atoms with E-state index in [-0.39, 0.29) is 10.6 Å². The predicted octanol–water partition coefficient (Wildman–Crippen LogP) is 0.895. The number of terminal acetylenes is 1. The molecule has 0 aromatic heterocycles. The van der Waals surface area contributed by atoms with Crippen LogP contribution in [0, 0.1) is 22.5 Å². The molecule has 90 valence electrons. The van der Waals surface area contributed by atoms with Gasteiger partial charge < -0.3 is 0 Å². The van der Waals surface area contributed by atoms with Gasteiger partial charge in [-0.1, -0.05) is 5.92 Å². The second kappa shape index (κ2) is 4.95. The van der Waals surface area contributed by atoms with Crippen molar-refractivity contribution >= 4 is 15.7 Å². The van der Waals surface area contributed by atoms with E-state index in [9.17, 15) is 18.5 Å². The maximum Gasteiger partial charge on any atom is 0.269 e. The summed E-state index contributed by atoms with van der Waals surface area (Å²) >= 11 is 0. The highest BCUT2D eigenvalue weighted by Gasteiger charge is 2.17. The first kappa shape index (κ1) is 13.2. The number of nitrogens with zero attached hydrogens (tertiary/aromatic N) is 1. The Bertz CT molecular complexity index is 557. The third-order valence-electron chi connectivity index (χ3n) is 1.94. The summed E-state index contributed by atoms with van der Waals surface area (Å²) in [6.45, 7) is 1.52. The van der Waals surface area contributed by atoms with Gasteiger partial charge >= 0.3 is 0 Å². The summed E-state index contributed by atoms with van der Waals surface area (Å²) in [6.07, 6.45) is 5.05. The molecule has 0 aliphatic heterocycles. The van der Waals surface area contributed by atoms with E-state index >= 15 is 0 Å². The van der Waals surface area contributed by atoms with Crippen molar-refractivity contribution in [3.63, 3.8) is 0 Å². The van der Waals surface area contributed by atoms with E-state index in [1.807, 2.05) is 0 Å². The molecule has 0 amide bonds. The van der Waals surface area contributed by atoms with Crippen molar-refractivity contribution in [3.05, 3.63) is 34.4 Å². The van der Waals surface area contributed by atoms with Crippen molar-refractivity contribution in [1.29, 1.82) is 0 Å². The molecule has 0 aliphatic carbocycles. The lowest BCUT2D eigenvalue weighted by atomic mass is 10.3. The minimum absolute atomic E-state index is 0.0646. The number of non-ortho nitro benzene ring substituents is 1. The Labute approximate surface area is 98.9 Å². The van der Waals surface area contributed by atoms with Gasteiger partial charge in [0.25, 0.3) is 5.69 Å². The number of sulfonamides is 1. The standard InChI is InChI=1S/C10H10N2O4S/c1-3-8(2)11-17(15,16)10-6-4-9(5-7-10)12(13)14/h1,4-8,11H,2H3. The molecular formula is C10H10N2O4S. The molecule has 0 radical (unpaired) electrons. The maximum atomic E-state index is 11.7. The first-order valence-electron chi connectivity index (χ1n) is 4.60. The fourth-order valence-electron chi connectivity index (χ4n) is 1.08. The van der Waals surface area contributed by atoms with Gasteiger partial charge in [-0.05, 0) is 19.1 Å². The van der Waals surface area contributed by atoms with Crippen LogP contribution in [-0.2, 0) is 10.0 Å². The van der Waals surface area contributed by atoms with Crippen LogP contribution in [0.1, 0.15) is 6.92 Å². The number of benzene rings is 1. The van der Waals surface area contributed by atoms with E-state index in [0.29, 0.717) is 0 Å². The molecule has 1 aromatic rings. The Hall–Kier alpha value is -1.91. The summed E-state index contributed by atoms with van der Waals surface area (Å²) < 4.78 is 25.6. The number of nitro groups is 1. The van der Waals surface area contributed by atoms with E-state index in [1.54, 1.807) is 0 Å². The van der Waals surface area contributed by atoms with Crippen molar-refractivity contribution in [1.82, 2.24) is 4.72 Å². The lowest BCUT2D eigenvalue weighted by Crippen LogP contribution is -2.31. The number of hydrogen-bond acceptors (Lipinski definition) is 4. The molecule has 0 bridgehead atoms. The Morgan fingerprint density at radius 2 is 1.94 bits per heavy atom. The second-order valence-corrected chi connectivity index (χ2v) is 4.97. The number of nitrogens with one attached hydrogen (secondary N) is 1. The number of rotatable bonds is 4. The van der Waals surface area contributed by atoms with Gasteiger partial charge in [0.2, 0.25) is 10.0 Å². The minimum atomic E-state index is -3.73. The van der Waals surface area contributed by atoms with Crippen LogP contribution in [0.25, 0.3) is 0 Å². The summed E-state index contributed by atoms with van der Waals surface area (Å²) in [5, 5.41) is 10.4. The van der Waals surface area contributed by atoms with Crippen molar-refractivity contribution in [2.24, 2.45) is 0 Å². The first-order chi connectivity index (χ1) is 7.86. The molecule has 1 rings (SSSR count). The van der Waals surface area contributed by atoms with Crippen LogP contribution in [0.15, 0.2) is 29.2 Å². The summed E-state index contributed by atoms with van der Waals surface area (Å²) in [5.41, 5.74) is -0.172. The molecule has 0 heterocycles. The maximum absolute atomic E-state index is 11.7. The summed E-state index contributed by atoms with van der Waals surface area (Å²) in [6, 6.07) is 3.91. The molecular weight excluding hydrogens is 244 g/mol. The third-order valence-corrected chi connectivity index (χ3v) is 3.50. The largest absolute Gasteiger partial charge is 0.269 e. The Balaban J connectivity index is 3.01. The molecule has 1 unspecified atom stereocenters. The molecule has 1 N–H and O–H groups in total. The van der Waals surface area contributed by atoms with Gasteiger partial charge in [0.15, 0.2) is 0 Å². The van der Waals surface area contributed by atoms with Crippen molar-refractivity contribution in [2.45, 2.75) is 17.9 Å². The fraction of sp³-hybridized carbons (Fsp3) is 0.200. The third kappa shape index (κ3) is 3.27. The fourth-order valence-corrected chi connectivity index (χ4v) is 2.25. The van der Waals surface area contributed by atoms with Gasteiger partial charge in [0, 0.05) is 12.1 Å². The molecule has 0 saturated carbocycles. The van der Waals surface area contributed by atoms with E-state index in [2.05, 4.69) is 10.6 Å². The summed E-state index contributed by atoms with van der Waals surface area (Å²) in [7, 11) is -3.73. The van der Waals surface area contributed by atoms with Crippen LogP contribution < -0.4 is 4.72 Å². The van der Waals surface area contributed by atoms with E-state index < -0.39 is 21.0 Å². The van der Waals surface area contributed by atoms with Crippen LogP contribution >= 0.6 is 0 Å². The van der Waals surface area contributed by atoms with Crippen LogP contribution in [0.5, 0.6) is 0 Å². The van der Waals surface area contributed by atoms with Gasteiger partial charge in [0.1, 0.15) is 0 Å². The second-order valence-electron chi connectivity index (χ2n) is 3.26. The summed E-state index contributed by atoms with van der Waals surface area (Å²) in [5.74, 6) is 2.22. The monoisotopic (exact) mass is 254 g/mol. The van der Waals surface area contributed by atoms with Crippen molar-refractivity contribution in [2.75, 3.05) is 0 Å². The van der Waals surface area contributed by atoms with Gasteiger partial charge in [-0.2, -0.15) is 4.72 Å². The van der Waals surface area contributed by atoms with Crippen molar-refractivity contribution in [3.8, 4) is 12.3 Å². The Morgan fingerprint density at radius 1 is 1.41 bits per heavy atom. The lowest BCUT2D eigenvalue weighted by Gasteiger charge is -2.08. The van der Waals surface area contributed by atoms with Crippen LogP contribution in [0.2, 0.25) is 0 Å². The van der Waals surface area contributed by atoms with Crippen LogP contribution in [0.4, 0.5) is 5.69 Å². The van der Waals surface area contributed by atoms with Gasteiger partial charge in [-0.15, -0.1) is 6.42 Å². The molecule has 0 fully saturated rings. The van der Waals surface area contributed by atoms with Gasteiger partial charge in [0.05, 0.1) is 15.9 Å². The van der Waals surface area contributed by atoms with Crippen LogP contribution in [0.3, 0.4) is 0 Å². The van der Waals surface area contributed by atoms with Gasteiger partial charge in [-0.25, -0.2) is 8.42 Å². The Kier molecular flexibility index (Phi) is 3.83. The zero-order valence-electron chi connectivity index (χ0n) is 8.95. The molecule has 7 heteroatoms. The molecule has 1 atom stereocenters. The van der Waals surface area contributed by atoms with Crippen LogP contribution in [-0.4, -0.2) is 19.4 Å². The van der Waals surface area contributed by atoms with E-state index in [0.717, 1.165) is 24.3 Å². The van der Waals surface area contributed by atoms with Crippen molar-refractivity contribution < 1.29 is 13.3 Å². The highest BCUT2D eigenvalue weighted by Crippen LogP contribution is 2.15. The summed E-state index contributed by atoms with van der Waals surface area (Å²) in [4.78, 5) is 9.73. The Morgan fingerprint density at radius 3 is 2.35 bits per heavy atom. The molecule has 0 spiro atoms. The zero-order chi connectivity index (χ0) is 13.1. The lowest BCUT2D eigenvalue weighted by molar-refractivity contribution is -0.384. The highest BCUT2D eigenvalue weighted by molar-refractivity contribution is 7.89. The predicted molar refractivity (Wildman–Crippen MR) is 61.7 cm³/mol. The molecule has 1 aromatic carbocycles. The number of nitro benzene ring substituents is 1. The average molecular weight is 254 g/mol. The number of hydrogen-bond donors (Lipinski definition) is 1. The molecule has 0 saturated heterocycles. The topological polar surface area (TPSA) is 89.3 Å². The molecule has 17 heavy (non-hydrogen) atoms. The average Bonchev–Trinajstić information content (AvgIpc) is 2.28. The quantitative estimate of drug-likeness (QED) is 0.491. The van der Waals surface area contributed by atoms with Gasteiger partial charge in [-0.3, -0.25) is 10.1 Å². The molecule has 0 aliphatic rings. The SMILES string of the molecule is C#CC(C)NS(=O)(=O)c1ccc([N+](=O)[O-])cc1. The smallest absolute Gasteiger partial charge is 0.258 e. The van der Waals surface area contributed by atoms with E-state index in [4.69, 9.17) is 6.42 Å². The highest BCUT2D eigenvalue weighted by atomic mass is 32.2. The molecule has 6 nitrogen and oxygen atoms in total. The zero-order valence-corrected chi connectivity index (χ0v) is 9.77. The normalized spacial score (nSPS) is 12.7. The first-order valence-corrected chi connectivity index (χ1v) is 6.08. The minimum Gasteiger partial charge on any atom is -0.258 e.